The molecule has 0 saturated carbocycles. The molecule has 3 aromatic rings. The zero-order valence-electron chi connectivity index (χ0n) is 11.6. The van der Waals surface area contributed by atoms with Gasteiger partial charge in [0.25, 0.3) is 5.91 Å². The molecule has 0 atom stereocenters. The topological polar surface area (TPSA) is 81.4 Å². The van der Waals surface area contributed by atoms with Crippen LogP contribution in [0.3, 0.4) is 0 Å². The fraction of sp³-hybridized carbons (Fsp3) is 0.0625. The van der Waals surface area contributed by atoms with Crippen LogP contribution < -0.4 is 4.74 Å². The summed E-state index contributed by atoms with van der Waals surface area (Å²) in [6, 6.07) is 7.34. The number of fused-ring (bicyclic) bond motifs is 4. The van der Waals surface area contributed by atoms with Crippen LogP contribution in [0.4, 0.5) is 4.39 Å². The van der Waals surface area contributed by atoms with Crippen molar-refractivity contribution < 1.29 is 23.8 Å². The first kappa shape index (κ1) is 13.4. The molecule has 2 aromatic heterocycles. The van der Waals surface area contributed by atoms with E-state index in [1.807, 2.05) is 0 Å². The molecule has 1 aliphatic heterocycles. The maximum absolute atomic E-state index is 13.6. The molecule has 1 N–H and O–H groups in total. The van der Waals surface area contributed by atoms with Crippen molar-refractivity contribution in [1.82, 2.24) is 9.55 Å². The molecule has 0 unspecified atom stereocenters. The number of hydrogen-bond acceptors (Lipinski definition) is 4. The number of carboxylic acids is 1. The Labute approximate surface area is 128 Å². The van der Waals surface area contributed by atoms with Crippen molar-refractivity contribution in [3.05, 3.63) is 47.9 Å². The molecule has 0 amide bonds. The highest BCUT2D eigenvalue weighted by Gasteiger charge is 2.33. The van der Waals surface area contributed by atoms with Crippen molar-refractivity contribution in [2.45, 2.75) is 0 Å². The number of benzene rings is 1. The predicted molar refractivity (Wildman–Crippen MR) is 78.0 cm³/mol. The van der Waals surface area contributed by atoms with Gasteiger partial charge < -0.3 is 9.84 Å². The van der Waals surface area contributed by atoms with Crippen LogP contribution in [0.5, 0.6) is 5.75 Å². The maximum Gasteiger partial charge on any atom is 0.341 e. The van der Waals surface area contributed by atoms with Crippen LogP contribution in [0.25, 0.3) is 22.3 Å². The quantitative estimate of drug-likeness (QED) is 0.628. The summed E-state index contributed by atoms with van der Waals surface area (Å²) in [5.74, 6) is -2.05. The number of carboxylic acid groups (broad SMARTS) is 1. The van der Waals surface area contributed by atoms with E-state index >= 15 is 0 Å². The molecule has 23 heavy (non-hydrogen) atoms. The van der Waals surface area contributed by atoms with Crippen LogP contribution >= 0.6 is 0 Å². The number of carbonyl (C=O) groups is 2. The highest BCUT2D eigenvalue weighted by Crippen LogP contribution is 2.40. The molecule has 0 fully saturated rings. The van der Waals surface area contributed by atoms with Crippen molar-refractivity contribution >= 4 is 22.8 Å². The van der Waals surface area contributed by atoms with Gasteiger partial charge in [-0.3, -0.25) is 9.36 Å². The molecule has 0 bridgehead atoms. The van der Waals surface area contributed by atoms with E-state index < -0.39 is 18.4 Å². The smallest absolute Gasteiger partial charge is 0.341 e. The van der Waals surface area contributed by atoms with Gasteiger partial charge in [0.15, 0.2) is 6.61 Å². The summed E-state index contributed by atoms with van der Waals surface area (Å²) in [4.78, 5) is 27.8. The Morgan fingerprint density at radius 3 is 2.96 bits per heavy atom. The summed E-state index contributed by atoms with van der Waals surface area (Å²) < 4.78 is 20.3. The molecule has 1 aromatic carbocycles. The minimum atomic E-state index is -1.19. The van der Waals surface area contributed by atoms with Gasteiger partial charge in [0.2, 0.25) is 0 Å². The number of rotatable bonds is 3. The first-order valence-electron chi connectivity index (χ1n) is 6.76. The minimum absolute atomic E-state index is 0.0422. The molecule has 0 spiro atoms. The van der Waals surface area contributed by atoms with E-state index in [-0.39, 0.29) is 22.6 Å². The number of halogens is 1. The molecule has 114 valence electrons. The lowest BCUT2D eigenvalue weighted by Gasteiger charge is -2.11. The second kappa shape index (κ2) is 4.64. The molecular weight excluding hydrogens is 303 g/mol. The lowest BCUT2D eigenvalue weighted by Crippen LogP contribution is -2.13. The number of carbonyl (C=O) groups excluding carboxylic acids is 1. The Morgan fingerprint density at radius 1 is 1.35 bits per heavy atom. The van der Waals surface area contributed by atoms with Gasteiger partial charge in [0.05, 0.1) is 11.2 Å². The summed E-state index contributed by atoms with van der Waals surface area (Å²) in [6.07, 6.45) is 1.59. The fourth-order valence-electron chi connectivity index (χ4n) is 2.75. The third-order valence-electron chi connectivity index (χ3n) is 3.66. The molecular formula is C16H9FN2O4. The van der Waals surface area contributed by atoms with Gasteiger partial charge in [0.1, 0.15) is 22.8 Å². The van der Waals surface area contributed by atoms with E-state index in [1.165, 1.54) is 22.8 Å². The van der Waals surface area contributed by atoms with E-state index in [0.29, 0.717) is 16.9 Å². The number of nitrogens with zero attached hydrogens (tertiary/aromatic N) is 2. The summed E-state index contributed by atoms with van der Waals surface area (Å²) in [6.45, 7) is -0.635. The predicted octanol–water partition coefficient (Wildman–Crippen LogP) is 2.31. The average molecular weight is 312 g/mol. The SMILES string of the molecule is O=C(O)COc1c2c(nc3ccc(F)cc13)-c1cccn1C2=O. The van der Waals surface area contributed by atoms with Crippen molar-refractivity contribution in [3.63, 3.8) is 0 Å². The third-order valence-corrected chi connectivity index (χ3v) is 3.66. The highest BCUT2D eigenvalue weighted by molar-refractivity contribution is 6.13. The molecule has 0 saturated heterocycles. The zero-order valence-corrected chi connectivity index (χ0v) is 11.6. The van der Waals surface area contributed by atoms with E-state index in [0.717, 1.165) is 0 Å². The fourth-order valence-corrected chi connectivity index (χ4v) is 2.75. The van der Waals surface area contributed by atoms with Crippen LogP contribution in [0.2, 0.25) is 0 Å². The minimum Gasteiger partial charge on any atom is -0.480 e. The standard InChI is InChI=1S/C16H9FN2O4/c17-8-3-4-10-9(6-8)15(23-7-12(20)21)13-14(18-10)11-2-1-5-19(11)16(13)22/h1-6H,7H2,(H,20,21). The monoisotopic (exact) mass is 312 g/mol. The summed E-state index contributed by atoms with van der Waals surface area (Å²) in [5, 5.41) is 9.11. The van der Waals surface area contributed by atoms with Crippen LogP contribution in [-0.2, 0) is 4.79 Å². The van der Waals surface area contributed by atoms with Gasteiger partial charge in [-0.25, -0.2) is 14.2 Å². The van der Waals surface area contributed by atoms with Gasteiger partial charge >= 0.3 is 5.97 Å². The zero-order chi connectivity index (χ0) is 16.1. The molecule has 0 aliphatic carbocycles. The van der Waals surface area contributed by atoms with Gasteiger partial charge in [-0.1, -0.05) is 0 Å². The summed E-state index contributed by atoms with van der Waals surface area (Å²) >= 11 is 0. The number of aromatic nitrogens is 2. The van der Waals surface area contributed by atoms with E-state index in [4.69, 9.17) is 9.84 Å². The molecule has 6 nitrogen and oxygen atoms in total. The summed E-state index contributed by atoms with van der Waals surface area (Å²) in [5.41, 5.74) is 1.57. The van der Waals surface area contributed by atoms with E-state index in [9.17, 15) is 14.0 Å². The van der Waals surface area contributed by atoms with Gasteiger partial charge in [-0.2, -0.15) is 0 Å². The largest absolute Gasteiger partial charge is 0.480 e. The average Bonchev–Trinajstić information content (AvgIpc) is 3.08. The normalized spacial score (nSPS) is 12.3. The second-order valence-corrected chi connectivity index (χ2v) is 5.08. The first-order valence-corrected chi connectivity index (χ1v) is 6.76. The number of pyridine rings is 1. The van der Waals surface area contributed by atoms with Gasteiger partial charge in [-0.15, -0.1) is 0 Å². The Balaban J connectivity index is 2.04. The van der Waals surface area contributed by atoms with E-state index in [2.05, 4.69) is 4.98 Å². The molecule has 0 radical (unpaired) electrons. The van der Waals surface area contributed by atoms with Crippen molar-refractivity contribution in [2.24, 2.45) is 0 Å². The van der Waals surface area contributed by atoms with Gasteiger partial charge in [0, 0.05) is 11.6 Å². The van der Waals surface area contributed by atoms with Crippen LogP contribution in [0.15, 0.2) is 36.5 Å². The van der Waals surface area contributed by atoms with E-state index in [1.54, 1.807) is 18.3 Å². The van der Waals surface area contributed by atoms with Crippen molar-refractivity contribution in [2.75, 3.05) is 6.61 Å². The van der Waals surface area contributed by atoms with Gasteiger partial charge in [-0.05, 0) is 30.3 Å². The Kier molecular flexibility index (Phi) is 2.71. The number of hydrogen-bond donors (Lipinski definition) is 1. The number of aliphatic carboxylic acids is 1. The molecule has 3 heterocycles. The Hall–Kier alpha value is -3.22. The maximum atomic E-state index is 13.6. The highest BCUT2D eigenvalue weighted by atomic mass is 19.1. The van der Waals surface area contributed by atoms with Crippen LogP contribution in [0, 0.1) is 5.82 Å². The summed E-state index contributed by atoms with van der Waals surface area (Å²) in [7, 11) is 0. The third kappa shape index (κ3) is 1.90. The molecule has 1 aliphatic rings. The van der Waals surface area contributed by atoms with Crippen molar-refractivity contribution in [1.29, 1.82) is 0 Å². The Bertz CT molecular complexity index is 993. The molecule has 7 heteroatoms. The lowest BCUT2D eigenvalue weighted by atomic mass is 10.1. The lowest BCUT2D eigenvalue weighted by molar-refractivity contribution is -0.139. The molecule has 4 rings (SSSR count). The second-order valence-electron chi connectivity index (χ2n) is 5.08. The number of ether oxygens (including phenoxy) is 1. The van der Waals surface area contributed by atoms with Crippen LogP contribution in [-0.4, -0.2) is 33.1 Å². The first-order chi connectivity index (χ1) is 11.1. The Morgan fingerprint density at radius 2 is 2.17 bits per heavy atom. The van der Waals surface area contributed by atoms with Crippen molar-refractivity contribution in [3.8, 4) is 17.1 Å². The van der Waals surface area contributed by atoms with Crippen LogP contribution in [0.1, 0.15) is 10.4 Å².